The Bertz CT molecular complexity index is 570. The lowest BCUT2D eigenvalue weighted by molar-refractivity contribution is 0.578. The van der Waals surface area contributed by atoms with Crippen LogP contribution in [0.5, 0.6) is 5.75 Å². The molecule has 0 amide bonds. The third-order valence-corrected chi connectivity index (χ3v) is 3.19. The Morgan fingerprint density at radius 1 is 1.21 bits per heavy atom. The van der Waals surface area contributed by atoms with Crippen LogP contribution in [0, 0.1) is 0 Å². The van der Waals surface area contributed by atoms with Crippen molar-refractivity contribution >= 4 is 20.8 Å². The summed E-state index contributed by atoms with van der Waals surface area (Å²) >= 11 is 0. The average molecular weight is 271 g/mol. The minimum Gasteiger partial charge on any atom is -0.547 e. The van der Waals surface area contributed by atoms with Gasteiger partial charge in [-0.1, -0.05) is 12.1 Å². The Morgan fingerprint density at radius 3 is 2.58 bits per heavy atom. The van der Waals surface area contributed by atoms with E-state index in [0.29, 0.717) is 5.70 Å². The minimum atomic E-state index is -1.16. The zero-order chi connectivity index (χ0) is 13.7. The standard InChI is InChI=1S/C14H17N3OSi/c1-19(2)18-14-6-4-3-5-12(14)13(15)7-11-8-16-10-17-9-11/h3-10,19H,15H2,1-2H3/b13-7-. The second kappa shape index (κ2) is 6.15. The summed E-state index contributed by atoms with van der Waals surface area (Å²) in [6.45, 7) is 4.25. The highest BCUT2D eigenvalue weighted by Gasteiger charge is 2.07. The summed E-state index contributed by atoms with van der Waals surface area (Å²) in [4.78, 5) is 7.93. The molecule has 5 heteroatoms. The van der Waals surface area contributed by atoms with Gasteiger partial charge < -0.3 is 10.2 Å². The normalized spacial score (nSPS) is 11.6. The maximum absolute atomic E-state index is 6.14. The molecular formula is C14H17N3OSi. The van der Waals surface area contributed by atoms with Crippen molar-refractivity contribution in [3.8, 4) is 5.75 Å². The molecule has 0 atom stereocenters. The quantitative estimate of drug-likeness (QED) is 0.867. The Hall–Kier alpha value is -2.14. The van der Waals surface area contributed by atoms with Gasteiger partial charge in [-0.2, -0.15) is 0 Å². The number of nitrogens with zero attached hydrogens (tertiary/aromatic N) is 2. The van der Waals surface area contributed by atoms with Gasteiger partial charge >= 0.3 is 0 Å². The van der Waals surface area contributed by atoms with Crippen LogP contribution in [0.2, 0.25) is 13.1 Å². The van der Waals surface area contributed by atoms with Gasteiger partial charge in [-0.15, -0.1) is 0 Å². The molecular weight excluding hydrogens is 254 g/mol. The van der Waals surface area contributed by atoms with Crippen LogP contribution in [-0.4, -0.2) is 19.0 Å². The average Bonchev–Trinajstić information content (AvgIpc) is 2.39. The van der Waals surface area contributed by atoms with Gasteiger partial charge in [-0.05, 0) is 31.3 Å². The summed E-state index contributed by atoms with van der Waals surface area (Å²) in [5.41, 5.74) is 8.58. The van der Waals surface area contributed by atoms with E-state index < -0.39 is 9.04 Å². The first kappa shape index (κ1) is 13.3. The molecule has 19 heavy (non-hydrogen) atoms. The molecule has 0 aliphatic rings. The molecule has 0 saturated carbocycles. The topological polar surface area (TPSA) is 61.0 Å². The summed E-state index contributed by atoms with van der Waals surface area (Å²) in [6, 6.07) is 7.81. The van der Waals surface area contributed by atoms with Crippen molar-refractivity contribution in [2.24, 2.45) is 5.73 Å². The van der Waals surface area contributed by atoms with Crippen LogP contribution in [0.15, 0.2) is 43.0 Å². The number of aromatic nitrogens is 2. The molecule has 98 valence electrons. The first-order valence-corrected chi connectivity index (χ1v) is 8.93. The molecule has 1 aromatic carbocycles. The lowest BCUT2D eigenvalue weighted by Gasteiger charge is -2.14. The predicted molar refractivity (Wildman–Crippen MR) is 80.0 cm³/mol. The lowest BCUT2D eigenvalue weighted by atomic mass is 10.1. The van der Waals surface area contributed by atoms with E-state index in [0.717, 1.165) is 16.9 Å². The van der Waals surface area contributed by atoms with E-state index in [2.05, 4.69) is 23.1 Å². The van der Waals surface area contributed by atoms with Gasteiger partial charge in [0.1, 0.15) is 12.1 Å². The van der Waals surface area contributed by atoms with Crippen LogP contribution in [-0.2, 0) is 0 Å². The molecule has 0 saturated heterocycles. The highest BCUT2D eigenvalue weighted by atomic mass is 28.3. The van der Waals surface area contributed by atoms with Crippen LogP contribution < -0.4 is 10.2 Å². The molecule has 0 spiro atoms. The SMILES string of the molecule is C[SiH](C)Oc1ccccc1/C(N)=C/c1cncnc1. The van der Waals surface area contributed by atoms with Crippen molar-refractivity contribution in [2.45, 2.75) is 13.1 Å². The number of nitrogens with two attached hydrogens (primary N) is 1. The number of para-hydroxylation sites is 1. The molecule has 0 fully saturated rings. The molecule has 0 aliphatic heterocycles. The molecule has 1 heterocycles. The first-order chi connectivity index (χ1) is 9.16. The third-order valence-electron chi connectivity index (χ3n) is 2.46. The van der Waals surface area contributed by atoms with E-state index in [1.807, 2.05) is 30.3 Å². The molecule has 2 aromatic rings. The van der Waals surface area contributed by atoms with Crippen LogP contribution in [0.25, 0.3) is 11.8 Å². The summed E-state index contributed by atoms with van der Waals surface area (Å²) in [5.74, 6) is 0.842. The smallest absolute Gasteiger partial charge is 0.229 e. The maximum atomic E-state index is 6.14. The number of benzene rings is 1. The second-order valence-corrected chi connectivity index (χ2v) is 6.77. The molecule has 2 rings (SSSR count). The summed E-state index contributed by atoms with van der Waals surface area (Å²) in [5, 5.41) is 0. The Kier molecular flexibility index (Phi) is 4.30. The van der Waals surface area contributed by atoms with Gasteiger partial charge in [0.05, 0.1) is 0 Å². The Labute approximate surface area is 114 Å². The summed E-state index contributed by atoms with van der Waals surface area (Å²) in [6.07, 6.45) is 6.79. The van der Waals surface area contributed by atoms with E-state index in [1.54, 1.807) is 12.4 Å². The molecule has 1 aromatic heterocycles. The highest BCUT2D eigenvalue weighted by Crippen LogP contribution is 2.24. The van der Waals surface area contributed by atoms with Gasteiger partial charge in [0.15, 0.2) is 0 Å². The molecule has 0 bridgehead atoms. The fourth-order valence-corrected chi connectivity index (χ4v) is 2.42. The van der Waals surface area contributed by atoms with E-state index in [9.17, 15) is 0 Å². The van der Waals surface area contributed by atoms with Crippen LogP contribution in [0.1, 0.15) is 11.1 Å². The highest BCUT2D eigenvalue weighted by molar-refractivity contribution is 6.49. The first-order valence-electron chi connectivity index (χ1n) is 6.15. The fraction of sp³-hybridized carbons (Fsp3) is 0.143. The largest absolute Gasteiger partial charge is 0.547 e. The zero-order valence-corrected chi connectivity index (χ0v) is 12.2. The molecule has 0 aliphatic carbocycles. The van der Waals surface area contributed by atoms with Crippen molar-refractivity contribution in [2.75, 3.05) is 0 Å². The van der Waals surface area contributed by atoms with E-state index in [1.165, 1.54) is 6.33 Å². The van der Waals surface area contributed by atoms with Crippen molar-refractivity contribution in [3.63, 3.8) is 0 Å². The van der Waals surface area contributed by atoms with Crippen LogP contribution >= 0.6 is 0 Å². The molecule has 4 nitrogen and oxygen atoms in total. The zero-order valence-electron chi connectivity index (χ0n) is 11.1. The summed E-state index contributed by atoms with van der Waals surface area (Å²) in [7, 11) is -1.16. The van der Waals surface area contributed by atoms with Gasteiger partial charge in [0.25, 0.3) is 0 Å². The van der Waals surface area contributed by atoms with Crippen molar-refractivity contribution in [1.82, 2.24) is 9.97 Å². The van der Waals surface area contributed by atoms with E-state index in [-0.39, 0.29) is 0 Å². The van der Waals surface area contributed by atoms with Gasteiger partial charge in [-0.25, -0.2) is 9.97 Å². The Balaban J connectivity index is 2.33. The fourth-order valence-electron chi connectivity index (χ4n) is 1.70. The number of rotatable bonds is 4. The van der Waals surface area contributed by atoms with E-state index in [4.69, 9.17) is 10.2 Å². The second-order valence-electron chi connectivity index (χ2n) is 4.43. The molecule has 0 radical (unpaired) electrons. The van der Waals surface area contributed by atoms with E-state index >= 15 is 0 Å². The van der Waals surface area contributed by atoms with Gasteiger partial charge in [0.2, 0.25) is 9.04 Å². The van der Waals surface area contributed by atoms with Crippen LogP contribution in [0.4, 0.5) is 0 Å². The van der Waals surface area contributed by atoms with Crippen molar-refractivity contribution in [1.29, 1.82) is 0 Å². The van der Waals surface area contributed by atoms with Gasteiger partial charge in [-0.3, -0.25) is 0 Å². The molecule has 2 N–H and O–H groups in total. The summed E-state index contributed by atoms with van der Waals surface area (Å²) < 4.78 is 5.89. The third kappa shape index (κ3) is 3.66. The van der Waals surface area contributed by atoms with Crippen molar-refractivity contribution < 1.29 is 4.43 Å². The maximum Gasteiger partial charge on any atom is 0.229 e. The molecule has 0 unspecified atom stereocenters. The number of hydrogen-bond donors (Lipinski definition) is 1. The Morgan fingerprint density at radius 2 is 1.89 bits per heavy atom. The lowest BCUT2D eigenvalue weighted by Crippen LogP contribution is -2.13. The van der Waals surface area contributed by atoms with Crippen LogP contribution in [0.3, 0.4) is 0 Å². The monoisotopic (exact) mass is 271 g/mol. The predicted octanol–water partition coefficient (Wildman–Crippen LogP) is 2.30. The number of hydrogen-bond acceptors (Lipinski definition) is 4. The van der Waals surface area contributed by atoms with Gasteiger partial charge in [0, 0.05) is 29.2 Å². The van der Waals surface area contributed by atoms with Crippen molar-refractivity contribution in [3.05, 3.63) is 54.1 Å². The minimum absolute atomic E-state index is 0.653.